The molecule has 2 fully saturated rings. The first-order valence-electron chi connectivity index (χ1n) is 12.3. The first kappa shape index (κ1) is 24.1. The molecule has 2 saturated heterocycles. The molecule has 1 N–H and O–H groups in total. The zero-order chi connectivity index (χ0) is 24.0. The lowest BCUT2D eigenvalue weighted by atomic mass is 10.00. The Bertz CT molecular complexity index is 1120. The van der Waals surface area contributed by atoms with E-state index < -0.39 is 0 Å². The summed E-state index contributed by atoms with van der Waals surface area (Å²) >= 11 is 1.51. The molecule has 186 valence electrons. The summed E-state index contributed by atoms with van der Waals surface area (Å²) in [5.41, 5.74) is 3.48. The highest BCUT2D eigenvalue weighted by Gasteiger charge is 2.22. The number of ether oxygens (including phenoxy) is 2. The van der Waals surface area contributed by atoms with Crippen LogP contribution in [0.4, 0.5) is 4.39 Å². The predicted octanol–water partition coefficient (Wildman–Crippen LogP) is 4.32. The molecule has 3 aromatic rings. The zero-order valence-electron chi connectivity index (χ0n) is 19.7. The lowest BCUT2D eigenvalue weighted by Gasteiger charge is -2.23. The maximum atomic E-state index is 13.6. The Labute approximate surface area is 208 Å². The quantitative estimate of drug-likeness (QED) is 0.500. The summed E-state index contributed by atoms with van der Waals surface area (Å²) in [5.74, 6) is 0.692. The molecule has 1 amide bonds. The first-order valence-corrected chi connectivity index (χ1v) is 13.2. The van der Waals surface area contributed by atoms with Crippen LogP contribution in [-0.4, -0.2) is 53.6 Å². The Morgan fingerprint density at radius 1 is 1.06 bits per heavy atom. The van der Waals surface area contributed by atoms with Gasteiger partial charge in [0.25, 0.3) is 0 Å². The standard InChI is InChI=1S/C26H31FN4O3S/c27-21-3-1-20(2-4-21)25-23(15-29-31(25)16-19-7-11-34-12-8-19)26-30-22(17-35-26)13-24(32)28-14-18-5-9-33-10-6-18/h1-4,15,17-19H,5-14,16H2,(H,28,32). The van der Waals surface area contributed by atoms with E-state index in [0.717, 1.165) is 86.2 Å². The van der Waals surface area contributed by atoms with Gasteiger partial charge in [-0.15, -0.1) is 11.3 Å². The van der Waals surface area contributed by atoms with Crippen LogP contribution in [-0.2, 0) is 27.2 Å². The Morgan fingerprint density at radius 2 is 1.74 bits per heavy atom. The summed E-state index contributed by atoms with van der Waals surface area (Å²) in [6.07, 6.45) is 6.08. The molecule has 5 rings (SSSR count). The number of thiazole rings is 1. The van der Waals surface area contributed by atoms with Crippen molar-refractivity contribution in [1.82, 2.24) is 20.1 Å². The van der Waals surface area contributed by atoms with Crippen molar-refractivity contribution in [3.05, 3.63) is 47.4 Å². The third-order valence-corrected chi connectivity index (χ3v) is 7.71. The number of nitrogens with zero attached hydrogens (tertiary/aromatic N) is 3. The van der Waals surface area contributed by atoms with Gasteiger partial charge in [0.05, 0.1) is 29.6 Å². The van der Waals surface area contributed by atoms with E-state index in [-0.39, 0.29) is 18.1 Å². The Balaban J connectivity index is 1.32. The van der Waals surface area contributed by atoms with Gasteiger partial charge in [-0.05, 0) is 61.8 Å². The summed E-state index contributed by atoms with van der Waals surface area (Å²) in [6, 6.07) is 6.52. The van der Waals surface area contributed by atoms with Gasteiger partial charge >= 0.3 is 0 Å². The number of hydrogen-bond acceptors (Lipinski definition) is 6. The van der Waals surface area contributed by atoms with Crippen LogP contribution < -0.4 is 5.32 Å². The number of amides is 1. The molecule has 0 spiro atoms. The normalized spacial score (nSPS) is 17.5. The van der Waals surface area contributed by atoms with Gasteiger partial charge < -0.3 is 14.8 Å². The number of benzene rings is 1. The highest BCUT2D eigenvalue weighted by Crippen LogP contribution is 2.35. The smallest absolute Gasteiger partial charge is 0.226 e. The van der Waals surface area contributed by atoms with Crippen LogP contribution >= 0.6 is 11.3 Å². The average molecular weight is 499 g/mol. The highest BCUT2D eigenvalue weighted by atomic mass is 32.1. The fraction of sp³-hybridized carbons (Fsp3) is 0.500. The van der Waals surface area contributed by atoms with Crippen LogP contribution in [0, 0.1) is 17.7 Å². The van der Waals surface area contributed by atoms with E-state index in [1.54, 1.807) is 12.1 Å². The topological polar surface area (TPSA) is 78.3 Å². The van der Waals surface area contributed by atoms with Crippen molar-refractivity contribution in [2.24, 2.45) is 11.8 Å². The molecular weight excluding hydrogens is 467 g/mol. The third-order valence-electron chi connectivity index (χ3n) is 6.78. The largest absolute Gasteiger partial charge is 0.381 e. The van der Waals surface area contributed by atoms with Crippen LogP contribution in [0.5, 0.6) is 0 Å². The molecule has 0 saturated carbocycles. The number of nitrogens with one attached hydrogen (secondary N) is 1. The lowest BCUT2D eigenvalue weighted by molar-refractivity contribution is -0.120. The summed E-state index contributed by atoms with van der Waals surface area (Å²) in [5, 5.41) is 10.5. The van der Waals surface area contributed by atoms with E-state index in [1.807, 2.05) is 16.3 Å². The Hall–Kier alpha value is -2.62. The van der Waals surface area contributed by atoms with E-state index >= 15 is 0 Å². The van der Waals surface area contributed by atoms with E-state index in [4.69, 9.17) is 19.6 Å². The van der Waals surface area contributed by atoms with Crippen molar-refractivity contribution in [2.75, 3.05) is 33.0 Å². The molecule has 0 aliphatic carbocycles. The van der Waals surface area contributed by atoms with Gasteiger partial charge in [0, 0.05) is 50.5 Å². The van der Waals surface area contributed by atoms with Crippen molar-refractivity contribution >= 4 is 17.2 Å². The summed E-state index contributed by atoms with van der Waals surface area (Å²) < 4.78 is 26.5. The second-order valence-corrected chi connectivity index (χ2v) is 10.2. The second kappa shape index (κ2) is 11.4. The molecule has 7 nitrogen and oxygen atoms in total. The maximum Gasteiger partial charge on any atom is 0.226 e. The van der Waals surface area contributed by atoms with Crippen LogP contribution in [0.3, 0.4) is 0 Å². The van der Waals surface area contributed by atoms with Crippen molar-refractivity contribution in [3.8, 4) is 21.8 Å². The number of halogens is 1. The Kier molecular flexibility index (Phi) is 7.85. The monoisotopic (exact) mass is 498 g/mol. The van der Waals surface area contributed by atoms with Gasteiger partial charge in [0.1, 0.15) is 10.8 Å². The summed E-state index contributed by atoms with van der Waals surface area (Å²) in [4.78, 5) is 17.3. The molecular formula is C26H31FN4O3S. The first-order chi connectivity index (χ1) is 17.2. The Morgan fingerprint density at radius 3 is 2.46 bits per heavy atom. The predicted molar refractivity (Wildman–Crippen MR) is 133 cm³/mol. The van der Waals surface area contributed by atoms with Gasteiger partial charge in [-0.25, -0.2) is 9.37 Å². The lowest BCUT2D eigenvalue weighted by Crippen LogP contribution is -2.33. The second-order valence-electron chi connectivity index (χ2n) is 9.33. The molecule has 4 heterocycles. The summed E-state index contributed by atoms with van der Waals surface area (Å²) in [7, 11) is 0. The minimum atomic E-state index is -0.269. The minimum Gasteiger partial charge on any atom is -0.381 e. The highest BCUT2D eigenvalue weighted by molar-refractivity contribution is 7.13. The molecule has 0 radical (unpaired) electrons. The van der Waals surface area contributed by atoms with Crippen LogP contribution in [0.2, 0.25) is 0 Å². The number of rotatable bonds is 8. The molecule has 0 bridgehead atoms. The van der Waals surface area contributed by atoms with Gasteiger partial charge in [-0.3, -0.25) is 9.48 Å². The zero-order valence-corrected chi connectivity index (χ0v) is 20.6. The van der Waals surface area contributed by atoms with Crippen molar-refractivity contribution < 1.29 is 18.7 Å². The molecule has 2 aliphatic rings. The molecule has 2 aromatic heterocycles. The average Bonchev–Trinajstić information content (AvgIpc) is 3.51. The van der Waals surface area contributed by atoms with Crippen LogP contribution in [0.15, 0.2) is 35.8 Å². The maximum absolute atomic E-state index is 13.6. The van der Waals surface area contributed by atoms with E-state index in [1.165, 1.54) is 23.5 Å². The number of hydrogen-bond donors (Lipinski definition) is 1. The number of carbonyl (C=O) groups is 1. The summed E-state index contributed by atoms with van der Waals surface area (Å²) in [6.45, 7) is 4.56. The van der Waals surface area contributed by atoms with Crippen molar-refractivity contribution in [3.63, 3.8) is 0 Å². The van der Waals surface area contributed by atoms with Crippen LogP contribution in [0.1, 0.15) is 31.4 Å². The molecule has 2 aliphatic heterocycles. The number of aromatic nitrogens is 3. The number of carbonyl (C=O) groups excluding carboxylic acids is 1. The van der Waals surface area contributed by atoms with Crippen molar-refractivity contribution in [1.29, 1.82) is 0 Å². The van der Waals surface area contributed by atoms with Gasteiger partial charge in [-0.2, -0.15) is 5.10 Å². The van der Waals surface area contributed by atoms with E-state index in [0.29, 0.717) is 18.4 Å². The minimum absolute atomic E-state index is 0.0117. The fourth-order valence-electron chi connectivity index (χ4n) is 4.71. The molecule has 1 aromatic carbocycles. The van der Waals surface area contributed by atoms with Crippen molar-refractivity contribution in [2.45, 2.75) is 38.6 Å². The molecule has 0 unspecified atom stereocenters. The van der Waals surface area contributed by atoms with Gasteiger partial charge in [0.15, 0.2) is 0 Å². The SMILES string of the molecule is O=C(Cc1csc(-c2cnn(CC3CCOCC3)c2-c2ccc(F)cc2)n1)NCC1CCOCC1. The van der Waals surface area contributed by atoms with E-state index in [2.05, 4.69) is 5.32 Å². The van der Waals surface area contributed by atoms with E-state index in [9.17, 15) is 9.18 Å². The third kappa shape index (κ3) is 6.15. The molecule has 0 atom stereocenters. The van der Waals surface area contributed by atoms with Gasteiger partial charge in [0.2, 0.25) is 5.91 Å². The molecule has 9 heteroatoms. The molecule has 35 heavy (non-hydrogen) atoms. The fourth-order valence-corrected chi connectivity index (χ4v) is 5.54. The van der Waals surface area contributed by atoms with Crippen LogP contribution in [0.25, 0.3) is 21.8 Å². The van der Waals surface area contributed by atoms with Gasteiger partial charge in [-0.1, -0.05) is 0 Å².